The lowest BCUT2D eigenvalue weighted by Gasteiger charge is -2.14. The van der Waals surface area contributed by atoms with Gasteiger partial charge in [0.15, 0.2) is 0 Å². The first-order valence-corrected chi connectivity index (χ1v) is 5.95. The maximum absolute atomic E-state index is 13.9. The second-order valence-corrected chi connectivity index (χ2v) is 4.27. The van der Waals surface area contributed by atoms with E-state index < -0.39 is 22.9 Å². The zero-order valence-corrected chi connectivity index (χ0v) is 10.9. The number of rotatable bonds is 3. The molecule has 0 spiro atoms. The molecule has 1 aromatic heterocycles. The molecule has 2 rings (SSSR count). The molecule has 0 aliphatic heterocycles. The smallest absolute Gasteiger partial charge is 0.382 e. The number of hydrogen-bond acceptors (Lipinski definition) is 4. The van der Waals surface area contributed by atoms with Gasteiger partial charge in [-0.2, -0.15) is 8.78 Å². The van der Waals surface area contributed by atoms with Crippen molar-refractivity contribution in [3.05, 3.63) is 45.8 Å². The molecule has 0 aliphatic carbocycles. The van der Waals surface area contributed by atoms with Gasteiger partial charge in [-0.15, -0.1) is 0 Å². The Hall–Kier alpha value is -2.24. The molecule has 0 fully saturated rings. The van der Waals surface area contributed by atoms with Crippen LogP contribution in [0.1, 0.15) is 18.1 Å². The van der Waals surface area contributed by atoms with Gasteiger partial charge in [-0.25, -0.2) is 4.79 Å². The largest absolute Gasteiger partial charge is 0.464 e. The Morgan fingerprint density at radius 1 is 1.40 bits per heavy atom. The number of alkyl halides is 2. The van der Waals surface area contributed by atoms with Crippen LogP contribution in [0.4, 0.5) is 8.78 Å². The van der Waals surface area contributed by atoms with Crippen LogP contribution in [0.2, 0.25) is 0 Å². The van der Waals surface area contributed by atoms with E-state index in [1.165, 1.54) is 19.1 Å². The molecule has 0 N–H and O–H groups in total. The fraction of sp³-hybridized carbons (Fsp3) is 0.286. The third-order valence-corrected chi connectivity index (χ3v) is 2.80. The van der Waals surface area contributed by atoms with E-state index >= 15 is 0 Å². The number of esters is 1. The average molecular weight is 282 g/mol. The molecular weight excluding hydrogens is 270 g/mol. The summed E-state index contributed by atoms with van der Waals surface area (Å²) in [5, 5.41) is 0.00599. The number of halogens is 2. The zero-order chi connectivity index (χ0) is 14.9. The summed E-state index contributed by atoms with van der Waals surface area (Å²) in [6, 6.07) is 4.64. The van der Waals surface area contributed by atoms with Crippen LogP contribution in [0.3, 0.4) is 0 Å². The molecule has 106 valence electrons. The average Bonchev–Trinajstić information content (AvgIpc) is 2.39. The number of fused-ring (bicyclic) bond motifs is 1. The quantitative estimate of drug-likeness (QED) is 0.812. The number of hydrogen-bond donors (Lipinski definition) is 0. The second kappa shape index (κ2) is 5.03. The molecule has 0 saturated carbocycles. The van der Waals surface area contributed by atoms with Gasteiger partial charge in [0, 0.05) is 0 Å². The summed E-state index contributed by atoms with van der Waals surface area (Å²) < 4.78 is 37.1. The van der Waals surface area contributed by atoms with E-state index in [-0.39, 0.29) is 17.6 Å². The maximum atomic E-state index is 13.9. The van der Waals surface area contributed by atoms with Gasteiger partial charge in [0.1, 0.15) is 17.4 Å². The van der Waals surface area contributed by atoms with Crippen molar-refractivity contribution in [2.75, 3.05) is 6.61 Å². The van der Waals surface area contributed by atoms with Crippen molar-refractivity contribution in [1.82, 2.24) is 0 Å². The molecule has 0 saturated heterocycles. The number of carbonyl (C=O) groups excluding carboxylic acids is 1. The minimum atomic E-state index is -4.03. The van der Waals surface area contributed by atoms with Gasteiger partial charge in [0.2, 0.25) is 5.43 Å². The molecule has 4 nitrogen and oxygen atoms in total. The Kier molecular flexibility index (Phi) is 3.57. The standard InChI is InChI=1S/C14H12F2O4/c1-3-19-13(18)14(15,16)10-7-20-11-5-4-8(2)6-9(11)12(10)17/h4-7H,3H2,1-2H3. The van der Waals surface area contributed by atoms with E-state index in [1.807, 2.05) is 0 Å². The van der Waals surface area contributed by atoms with Crippen molar-refractivity contribution < 1.29 is 22.7 Å². The Labute approximate surface area is 113 Å². The number of aryl methyl sites for hydroxylation is 1. The molecule has 1 heterocycles. The third-order valence-electron chi connectivity index (χ3n) is 2.80. The lowest BCUT2D eigenvalue weighted by atomic mass is 10.1. The summed E-state index contributed by atoms with van der Waals surface area (Å²) in [4.78, 5) is 23.4. The van der Waals surface area contributed by atoms with Crippen LogP contribution in [0.15, 0.2) is 33.7 Å². The molecule has 6 heteroatoms. The number of carbonyl (C=O) groups is 1. The Bertz CT molecular complexity index is 719. The molecule has 20 heavy (non-hydrogen) atoms. The van der Waals surface area contributed by atoms with Gasteiger partial charge in [-0.3, -0.25) is 4.79 Å². The van der Waals surface area contributed by atoms with Crippen molar-refractivity contribution in [1.29, 1.82) is 0 Å². The topological polar surface area (TPSA) is 56.5 Å². The second-order valence-electron chi connectivity index (χ2n) is 4.27. The summed E-state index contributed by atoms with van der Waals surface area (Å²) in [6.07, 6.45) is 0.608. The highest BCUT2D eigenvalue weighted by Crippen LogP contribution is 2.28. The SMILES string of the molecule is CCOC(=O)C(F)(F)c1coc2ccc(C)cc2c1=O. The Morgan fingerprint density at radius 3 is 2.75 bits per heavy atom. The van der Waals surface area contributed by atoms with Crippen molar-refractivity contribution in [3.63, 3.8) is 0 Å². The summed E-state index contributed by atoms with van der Waals surface area (Å²) in [6.45, 7) is 2.92. The first kappa shape index (κ1) is 14.2. The van der Waals surface area contributed by atoms with E-state index in [1.54, 1.807) is 13.0 Å². The molecule has 1 aromatic carbocycles. The molecule has 0 unspecified atom stereocenters. The fourth-order valence-electron chi connectivity index (χ4n) is 1.79. The van der Waals surface area contributed by atoms with E-state index in [0.29, 0.717) is 6.26 Å². The molecule has 0 amide bonds. The minimum Gasteiger partial charge on any atom is -0.464 e. The highest BCUT2D eigenvalue weighted by molar-refractivity contribution is 5.82. The van der Waals surface area contributed by atoms with Gasteiger partial charge < -0.3 is 9.15 Å². The summed E-state index contributed by atoms with van der Waals surface area (Å²) in [5.74, 6) is -5.80. The van der Waals surface area contributed by atoms with Gasteiger partial charge >= 0.3 is 11.9 Å². The van der Waals surface area contributed by atoms with Crippen LogP contribution in [0.5, 0.6) is 0 Å². The molecular formula is C14H12F2O4. The normalized spacial score (nSPS) is 11.6. The van der Waals surface area contributed by atoms with Gasteiger partial charge in [-0.1, -0.05) is 11.6 Å². The summed E-state index contributed by atoms with van der Waals surface area (Å²) >= 11 is 0. The minimum absolute atomic E-state index is 0.00599. The van der Waals surface area contributed by atoms with E-state index in [9.17, 15) is 18.4 Å². The van der Waals surface area contributed by atoms with Crippen LogP contribution in [0, 0.1) is 6.92 Å². The van der Waals surface area contributed by atoms with Crippen LogP contribution in [-0.4, -0.2) is 12.6 Å². The van der Waals surface area contributed by atoms with Gasteiger partial charge in [0.25, 0.3) is 0 Å². The predicted octanol–water partition coefficient (Wildman–Crippen LogP) is 2.76. The monoisotopic (exact) mass is 282 g/mol. The summed E-state index contributed by atoms with van der Waals surface area (Å²) in [5.41, 5.74) is -1.05. The first-order valence-electron chi connectivity index (χ1n) is 5.95. The van der Waals surface area contributed by atoms with Crippen LogP contribution in [0.25, 0.3) is 11.0 Å². The van der Waals surface area contributed by atoms with Gasteiger partial charge in [0.05, 0.1) is 12.0 Å². The third kappa shape index (κ3) is 2.29. The van der Waals surface area contributed by atoms with E-state index in [0.717, 1.165) is 5.56 Å². The molecule has 2 aromatic rings. The molecule has 0 aliphatic rings. The number of ether oxygens (including phenoxy) is 1. The van der Waals surface area contributed by atoms with Crippen molar-refractivity contribution in [3.8, 4) is 0 Å². The Balaban J connectivity index is 2.64. The van der Waals surface area contributed by atoms with Crippen molar-refractivity contribution in [2.45, 2.75) is 19.8 Å². The fourth-order valence-corrected chi connectivity index (χ4v) is 1.79. The highest BCUT2D eigenvalue weighted by Gasteiger charge is 2.45. The van der Waals surface area contributed by atoms with Crippen molar-refractivity contribution in [2.24, 2.45) is 0 Å². The Morgan fingerprint density at radius 2 is 2.10 bits per heavy atom. The molecule has 0 radical (unpaired) electrons. The maximum Gasteiger partial charge on any atom is 0.382 e. The first-order chi connectivity index (χ1) is 9.37. The van der Waals surface area contributed by atoms with Crippen LogP contribution < -0.4 is 5.43 Å². The van der Waals surface area contributed by atoms with E-state index in [4.69, 9.17) is 4.42 Å². The summed E-state index contributed by atoms with van der Waals surface area (Å²) in [7, 11) is 0. The molecule has 0 bridgehead atoms. The van der Waals surface area contributed by atoms with Gasteiger partial charge in [-0.05, 0) is 26.0 Å². The van der Waals surface area contributed by atoms with Crippen molar-refractivity contribution >= 4 is 16.9 Å². The predicted molar refractivity (Wildman–Crippen MR) is 67.7 cm³/mol. The number of benzene rings is 1. The van der Waals surface area contributed by atoms with Crippen LogP contribution in [-0.2, 0) is 15.5 Å². The highest BCUT2D eigenvalue weighted by atomic mass is 19.3. The van der Waals surface area contributed by atoms with Crippen LogP contribution >= 0.6 is 0 Å². The zero-order valence-electron chi connectivity index (χ0n) is 10.9. The lowest BCUT2D eigenvalue weighted by molar-refractivity contribution is -0.173. The molecule has 0 atom stereocenters. The lowest BCUT2D eigenvalue weighted by Crippen LogP contribution is -2.33. The van der Waals surface area contributed by atoms with E-state index in [2.05, 4.69) is 4.74 Å².